The zero-order valence-electron chi connectivity index (χ0n) is 23.8. The molecule has 0 unspecified atom stereocenters. The molecule has 0 N–H and O–H groups in total. The fraction of sp³-hybridized carbons (Fsp3) is 0.600. The maximum Gasteiger partial charge on any atom is 0.497 e. The van der Waals surface area contributed by atoms with Gasteiger partial charge >= 0.3 is 8.60 Å². The topological polar surface area (TPSA) is 27.7 Å². The van der Waals surface area contributed by atoms with Crippen molar-refractivity contribution in [1.82, 2.24) is 0 Å². The lowest BCUT2D eigenvalue weighted by Gasteiger charge is -2.30. The molecule has 0 bridgehead atoms. The SMILES string of the molecule is CC(C)(C)c1cc2c(c(C(C)(C)C)c1)OP(OF)Oc1c(cc(C(C)(C)C)cc1C(C)(C)C)CC2. The van der Waals surface area contributed by atoms with Gasteiger partial charge < -0.3 is 9.05 Å². The average molecular weight is 503 g/mol. The summed E-state index contributed by atoms with van der Waals surface area (Å²) < 4.78 is 30.8. The Morgan fingerprint density at radius 1 is 0.600 bits per heavy atom. The maximum atomic E-state index is 14.0. The van der Waals surface area contributed by atoms with Crippen molar-refractivity contribution in [2.75, 3.05) is 0 Å². The van der Waals surface area contributed by atoms with Crippen LogP contribution in [0.3, 0.4) is 0 Å². The smallest absolute Gasteiger partial charge is 0.416 e. The monoisotopic (exact) mass is 502 g/mol. The van der Waals surface area contributed by atoms with E-state index in [1.165, 1.54) is 11.1 Å². The van der Waals surface area contributed by atoms with E-state index in [1.807, 2.05) is 0 Å². The van der Waals surface area contributed by atoms with Gasteiger partial charge in [0.25, 0.3) is 0 Å². The summed E-state index contributed by atoms with van der Waals surface area (Å²) in [6, 6.07) is 8.85. The fourth-order valence-corrected chi connectivity index (χ4v) is 5.23. The predicted molar refractivity (Wildman–Crippen MR) is 145 cm³/mol. The zero-order chi connectivity index (χ0) is 26.6. The average Bonchev–Trinajstić information content (AvgIpc) is 2.76. The third-order valence-corrected chi connectivity index (χ3v) is 7.51. The Balaban J connectivity index is 2.29. The predicted octanol–water partition coefficient (Wildman–Crippen LogP) is 9.56. The lowest BCUT2D eigenvalue weighted by Crippen LogP contribution is -2.19. The molecule has 3 rings (SSSR count). The Morgan fingerprint density at radius 2 is 0.943 bits per heavy atom. The number of hydrogen-bond donors (Lipinski definition) is 0. The van der Waals surface area contributed by atoms with Gasteiger partial charge in [-0.2, -0.15) is 0 Å². The van der Waals surface area contributed by atoms with Crippen molar-refractivity contribution < 1.29 is 18.3 Å². The van der Waals surface area contributed by atoms with Crippen molar-refractivity contribution in [2.45, 2.75) is 118 Å². The van der Waals surface area contributed by atoms with E-state index in [2.05, 4.69) is 112 Å². The molecular weight excluding hydrogens is 458 g/mol. The molecule has 0 aliphatic carbocycles. The highest BCUT2D eigenvalue weighted by atomic mass is 31.2. The van der Waals surface area contributed by atoms with Crippen LogP contribution in [0.4, 0.5) is 4.53 Å². The highest BCUT2D eigenvalue weighted by molar-refractivity contribution is 7.42. The second kappa shape index (κ2) is 9.34. The molecule has 1 aliphatic heterocycles. The Labute approximate surface area is 213 Å². The summed E-state index contributed by atoms with van der Waals surface area (Å²) in [5.41, 5.74) is 6.28. The van der Waals surface area contributed by atoms with Crippen LogP contribution in [0, 0.1) is 0 Å². The first-order chi connectivity index (χ1) is 15.8. The van der Waals surface area contributed by atoms with Crippen molar-refractivity contribution >= 4 is 8.60 Å². The third-order valence-electron chi connectivity index (χ3n) is 6.73. The van der Waals surface area contributed by atoms with Crippen LogP contribution in [0.5, 0.6) is 11.5 Å². The Bertz CT molecular complexity index is 994. The van der Waals surface area contributed by atoms with E-state index in [1.54, 1.807) is 0 Å². The van der Waals surface area contributed by atoms with Gasteiger partial charge in [-0.1, -0.05) is 112 Å². The Hall–Kier alpha value is -1.64. The number of aryl methyl sites for hydroxylation is 2. The second-order valence-corrected chi connectivity index (χ2v) is 14.9. The van der Waals surface area contributed by atoms with Crippen LogP contribution < -0.4 is 9.05 Å². The molecule has 0 atom stereocenters. The van der Waals surface area contributed by atoms with E-state index in [-0.39, 0.29) is 21.7 Å². The summed E-state index contributed by atoms with van der Waals surface area (Å²) in [6.45, 7) is 26.3. The van der Waals surface area contributed by atoms with Gasteiger partial charge in [0, 0.05) is 11.1 Å². The van der Waals surface area contributed by atoms with Gasteiger partial charge in [-0.05, 0) is 61.3 Å². The highest BCUT2D eigenvalue weighted by Crippen LogP contribution is 2.52. The molecule has 194 valence electrons. The van der Waals surface area contributed by atoms with Gasteiger partial charge in [-0.25, -0.2) is 0 Å². The molecule has 1 aliphatic rings. The minimum absolute atomic E-state index is 0.0258. The molecule has 0 amide bonds. The van der Waals surface area contributed by atoms with Gasteiger partial charge in [-0.3, -0.25) is 0 Å². The molecule has 0 aromatic heterocycles. The van der Waals surface area contributed by atoms with Crippen LogP contribution >= 0.6 is 8.60 Å². The van der Waals surface area contributed by atoms with Gasteiger partial charge in [0.15, 0.2) is 0 Å². The maximum absolute atomic E-state index is 14.0. The summed E-state index contributed by atoms with van der Waals surface area (Å²) in [5, 5.41) is 0. The number of benzene rings is 2. The van der Waals surface area contributed by atoms with E-state index in [0.29, 0.717) is 11.5 Å². The molecule has 3 nitrogen and oxygen atoms in total. The molecule has 0 saturated heterocycles. The van der Waals surface area contributed by atoms with E-state index in [9.17, 15) is 4.53 Å². The second-order valence-electron chi connectivity index (χ2n) is 14.0. The fourth-order valence-electron chi connectivity index (χ4n) is 4.41. The van der Waals surface area contributed by atoms with Crippen LogP contribution in [0.25, 0.3) is 0 Å². The number of halogens is 1. The molecule has 0 spiro atoms. The molecule has 2 aromatic rings. The van der Waals surface area contributed by atoms with E-state index in [0.717, 1.165) is 35.1 Å². The van der Waals surface area contributed by atoms with Crippen molar-refractivity contribution in [2.24, 2.45) is 0 Å². The minimum atomic E-state index is -2.27. The van der Waals surface area contributed by atoms with Gasteiger partial charge in [0.2, 0.25) is 0 Å². The normalized spacial score (nSPS) is 15.8. The van der Waals surface area contributed by atoms with Crippen molar-refractivity contribution in [3.8, 4) is 11.5 Å². The summed E-state index contributed by atoms with van der Waals surface area (Å²) in [5.74, 6) is 1.38. The van der Waals surface area contributed by atoms with Gasteiger partial charge in [0.05, 0.1) is 0 Å². The molecular formula is C30H44FO3P. The summed E-state index contributed by atoms with van der Waals surface area (Å²) in [7, 11) is -2.27. The first-order valence-electron chi connectivity index (χ1n) is 12.6. The largest absolute Gasteiger partial charge is 0.497 e. The van der Waals surface area contributed by atoms with E-state index < -0.39 is 8.60 Å². The third kappa shape index (κ3) is 6.20. The lowest BCUT2D eigenvalue weighted by molar-refractivity contribution is -0.0159. The standard InChI is InChI=1S/C30H44FO3P/c1-27(2,3)21-15-19-13-14-20-16-22(28(4,5)6)18-24(30(10,11)12)26(20)33-35(34-31)32-25(19)23(17-21)29(7,8)9/h15-18H,13-14H2,1-12H3. The lowest BCUT2D eigenvalue weighted by atomic mass is 9.77. The Kier molecular flexibility index (Phi) is 7.46. The van der Waals surface area contributed by atoms with Crippen LogP contribution in [0.2, 0.25) is 0 Å². The molecule has 0 saturated carbocycles. The van der Waals surface area contributed by atoms with Crippen LogP contribution in [-0.2, 0) is 39.2 Å². The number of fused-ring (bicyclic) bond motifs is 2. The number of rotatable bonds is 1. The Morgan fingerprint density at radius 3 is 1.20 bits per heavy atom. The zero-order valence-corrected chi connectivity index (χ0v) is 24.7. The van der Waals surface area contributed by atoms with Crippen molar-refractivity contribution in [3.05, 3.63) is 57.6 Å². The van der Waals surface area contributed by atoms with Crippen LogP contribution in [0.1, 0.15) is 116 Å². The van der Waals surface area contributed by atoms with Crippen molar-refractivity contribution in [1.29, 1.82) is 0 Å². The summed E-state index contributed by atoms with van der Waals surface area (Å²) in [6.07, 6.45) is 1.54. The minimum Gasteiger partial charge on any atom is -0.416 e. The molecule has 0 fully saturated rings. The van der Waals surface area contributed by atoms with E-state index in [4.69, 9.17) is 9.05 Å². The first kappa shape index (κ1) is 27.9. The molecule has 35 heavy (non-hydrogen) atoms. The van der Waals surface area contributed by atoms with E-state index >= 15 is 0 Å². The van der Waals surface area contributed by atoms with Crippen LogP contribution in [0.15, 0.2) is 24.3 Å². The summed E-state index contributed by atoms with van der Waals surface area (Å²) in [4.78, 5) is 0. The van der Waals surface area contributed by atoms with Gasteiger partial charge in [-0.15, -0.1) is 0 Å². The quantitative estimate of drug-likeness (QED) is 0.363. The number of hydrogen-bond acceptors (Lipinski definition) is 3. The first-order valence-corrected chi connectivity index (χ1v) is 13.7. The highest BCUT2D eigenvalue weighted by Gasteiger charge is 2.34. The van der Waals surface area contributed by atoms with Gasteiger partial charge in [0.1, 0.15) is 11.5 Å². The molecule has 0 radical (unpaired) electrons. The van der Waals surface area contributed by atoms with Crippen LogP contribution in [-0.4, -0.2) is 0 Å². The van der Waals surface area contributed by atoms with Crippen molar-refractivity contribution in [3.63, 3.8) is 0 Å². The summed E-state index contributed by atoms with van der Waals surface area (Å²) >= 11 is 0. The molecule has 1 heterocycles. The molecule has 5 heteroatoms. The molecule has 2 aromatic carbocycles.